The minimum Gasteiger partial charge on any atom is -0.329 e. The summed E-state index contributed by atoms with van der Waals surface area (Å²) in [4.78, 5) is 27.7. The molecule has 1 aromatic rings. The van der Waals surface area contributed by atoms with Gasteiger partial charge in [-0.2, -0.15) is 0 Å². The third-order valence-electron chi connectivity index (χ3n) is 3.80. The Bertz CT molecular complexity index is 533. The van der Waals surface area contributed by atoms with Crippen LogP contribution in [0.1, 0.15) is 32.3 Å². The van der Waals surface area contributed by atoms with Crippen molar-refractivity contribution in [1.29, 1.82) is 0 Å². The molecule has 0 unspecified atom stereocenters. The first-order chi connectivity index (χ1) is 10.0. The van der Waals surface area contributed by atoms with Gasteiger partial charge in [-0.05, 0) is 31.0 Å². The molecule has 0 aromatic heterocycles. The van der Waals surface area contributed by atoms with Crippen LogP contribution in [0.4, 0.5) is 4.39 Å². The van der Waals surface area contributed by atoms with Crippen molar-refractivity contribution in [2.75, 3.05) is 13.1 Å². The van der Waals surface area contributed by atoms with Crippen LogP contribution in [-0.4, -0.2) is 40.7 Å². The summed E-state index contributed by atoms with van der Waals surface area (Å²) in [5, 5.41) is 0. The molecule has 1 aromatic carbocycles. The van der Waals surface area contributed by atoms with Crippen molar-refractivity contribution in [3.63, 3.8) is 0 Å². The summed E-state index contributed by atoms with van der Waals surface area (Å²) in [7, 11) is 0. The van der Waals surface area contributed by atoms with Gasteiger partial charge in [0.1, 0.15) is 18.4 Å². The van der Waals surface area contributed by atoms with Crippen LogP contribution in [0.25, 0.3) is 0 Å². The van der Waals surface area contributed by atoms with E-state index in [2.05, 4.69) is 6.92 Å². The van der Waals surface area contributed by atoms with Crippen molar-refractivity contribution in [3.05, 3.63) is 35.6 Å². The second-order valence-corrected chi connectivity index (χ2v) is 5.44. The lowest BCUT2D eigenvalue weighted by Crippen LogP contribution is -2.58. The Labute approximate surface area is 124 Å². The van der Waals surface area contributed by atoms with E-state index in [1.54, 1.807) is 24.0 Å². The van der Waals surface area contributed by atoms with Crippen LogP contribution in [0, 0.1) is 5.82 Å². The Morgan fingerprint density at radius 2 is 2.10 bits per heavy atom. The van der Waals surface area contributed by atoms with Crippen LogP contribution < -0.4 is 0 Å². The third kappa shape index (κ3) is 3.60. The predicted molar refractivity (Wildman–Crippen MR) is 77.9 cm³/mol. The molecule has 0 bridgehead atoms. The van der Waals surface area contributed by atoms with Gasteiger partial charge < -0.3 is 9.80 Å². The zero-order chi connectivity index (χ0) is 15.4. The lowest BCUT2D eigenvalue weighted by atomic mass is 10.1. The van der Waals surface area contributed by atoms with Crippen LogP contribution in [0.3, 0.4) is 0 Å². The van der Waals surface area contributed by atoms with Crippen LogP contribution in [0.15, 0.2) is 24.3 Å². The molecule has 2 rings (SSSR count). The first-order valence-corrected chi connectivity index (χ1v) is 7.35. The number of halogens is 1. The fourth-order valence-electron chi connectivity index (χ4n) is 2.58. The van der Waals surface area contributed by atoms with E-state index in [0.29, 0.717) is 12.1 Å². The number of unbranched alkanes of at least 4 members (excludes halogenated alkanes) is 1. The minimum atomic E-state index is -0.439. The molecule has 1 aliphatic heterocycles. The van der Waals surface area contributed by atoms with E-state index in [9.17, 15) is 14.0 Å². The maximum absolute atomic E-state index is 13.2. The van der Waals surface area contributed by atoms with Crippen molar-refractivity contribution in [2.24, 2.45) is 0 Å². The average Bonchev–Trinajstić information content (AvgIpc) is 2.44. The molecule has 1 heterocycles. The van der Waals surface area contributed by atoms with E-state index < -0.39 is 6.04 Å². The van der Waals surface area contributed by atoms with Gasteiger partial charge in [0, 0.05) is 13.1 Å². The molecule has 1 saturated heterocycles. The van der Waals surface area contributed by atoms with Gasteiger partial charge in [-0.3, -0.25) is 9.59 Å². The van der Waals surface area contributed by atoms with Crippen LogP contribution >= 0.6 is 0 Å². The number of rotatable bonds is 5. The van der Waals surface area contributed by atoms with Gasteiger partial charge >= 0.3 is 0 Å². The first kappa shape index (κ1) is 15.5. The highest BCUT2D eigenvalue weighted by molar-refractivity contribution is 5.94. The normalized spacial score (nSPS) is 19.3. The Morgan fingerprint density at radius 1 is 1.33 bits per heavy atom. The number of piperazine rings is 1. The van der Waals surface area contributed by atoms with Crippen LogP contribution in [0.2, 0.25) is 0 Å². The highest BCUT2D eigenvalue weighted by Gasteiger charge is 2.35. The van der Waals surface area contributed by atoms with Crippen LogP contribution in [-0.2, 0) is 16.1 Å². The predicted octanol–water partition coefficient (Wildman–Crippen LogP) is 2.19. The molecular formula is C16H21FN2O2. The Morgan fingerprint density at radius 3 is 2.76 bits per heavy atom. The van der Waals surface area contributed by atoms with Crippen molar-refractivity contribution < 1.29 is 14.0 Å². The largest absolute Gasteiger partial charge is 0.329 e. The second kappa shape index (κ2) is 6.70. The van der Waals surface area contributed by atoms with E-state index >= 15 is 0 Å². The molecule has 114 valence electrons. The minimum absolute atomic E-state index is 0.0352. The molecule has 5 heteroatoms. The second-order valence-electron chi connectivity index (χ2n) is 5.44. The molecule has 1 aliphatic rings. The number of amides is 2. The van der Waals surface area contributed by atoms with Crippen molar-refractivity contribution in [3.8, 4) is 0 Å². The number of hydrogen-bond donors (Lipinski definition) is 0. The third-order valence-corrected chi connectivity index (χ3v) is 3.80. The molecule has 2 amide bonds. The van der Waals surface area contributed by atoms with E-state index in [1.165, 1.54) is 17.0 Å². The molecule has 1 fully saturated rings. The number of carbonyl (C=O) groups excluding carboxylic acids is 2. The monoisotopic (exact) mass is 292 g/mol. The van der Waals surface area contributed by atoms with Crippen molar-refractivity contribution in [2.45, 2.75) is 39.3 Å². The zero-order valence-electron chi connectivity index (χ0n) is 12.5. The number of benzene rings is 1. The molecule has 0 spiro atoms. The summed E-state index contributed by atoms with van der Waals surface area (Å²) >= 11 is 0. The highest BCUT2D eigenvalue weighted by atomic mass is 19.1. The van der Waals surface area contributed by atoms with Gasteiger partial charge in [0.2, 0.25) is 11.8 Å². The molecule has 4 nitrogen and oxygen atoms in total. The van der Waals surface area contributed by atoms with Gasteiger partial charge in [0.15, 0.2) is 0 Å². The standard InChI is InChI=1S/C16H21FN2O2/c1-3-4-8-19-12(2)16(21)18(11-15(19)20)10-13-6-5-7-14(17)9-13/h5-7,9,12H,3-4,8,10-11H2,1-2H3/t12-/m0/s1. The SMILES string of the molecule is CCCCN1C(=O)CN(Cc2cccc(F)c2)C(=O)[C@@H]1C. The van der Waals surface area contributed by atoms with Gasteiger partial charge in [-0.1, -0.05) is 25.5 Å². The quantitative estimate of drug-likeness (QED) is 0.834. The van der Waals surface area contributed by atoms with Crippen molar-refractivity contribution >= 4 is 11.8 Å². The molecule has 0 saturated carbocycles. The lowest BCUT2D eigenvalue weighted by molar-refractivity contribution is -0.155. The molecule has 0 N–H and O–H groups in total. The summed E-state index contributed by atoms with van der Waals surface area (Å²) in [5.74, 6) is -0.442. The average molecular weight is 292 g/mol. The Hall–Kier alpha value is -1.91. The van der Waals surface area contributed by atoms with Crippen molar-refractivity contribution in [1.82, 2.24) is 9.80 Å². The summed E-state index contributed by atoms with van der Waals surface area (Å²) in [5.41, 5.74) is 0.699. The summed E-state index contributed by atoms with van der Waals surface area (Å²) in [6.07, 6.45) is 1.88. The molecule has 0 radical (unpaired) electrons. The summed E-state index contributed by atoms with van der Waals surface area (Å²) in [6, 6.07) is 5.69. The number of nitrogens with zero attached hydrogens (tertiary/aromatic N) is 2. The fourth-order valence-corrected chi connectivity index (χ4v) is 2.58. The molecular weight excluding hydrogens is 271 g/mol. The van der Waals surface area contributed by atoms with Gasteiger partial charge in [-0.25, -0.2) is 4.39 Å². The lowest BCUT2D eigenvalue weighted by Gasteiger charge is -2.38. The van der Waals surface area contributed by atoms with E-state index in [1.807, 2.05) is 0 Å². The topological polar surface area (TPSA) is 40.6 Å². The van der Waals surface area contributed by atoms with E-state index in [4.69, 9.17) is 0 Å². The fraction of sp³-hybridized carbons (Fsp3) is 0.500. The molecule has 21 heavy (non-hydrogen) atoms. The van der Waals surface area contributed by atoms with Gasteiger partial charge in [0.05, 0.1) is 0 Å². The zero-order valence-corrected chi connectivity index (χ0v) is 12.5. The highest BCUT2D eigenvalue weighted by Crippen LogP contribution is 2.16. The summed E-state index contributed by atoms with van der Waals surface area (Å²) < 4.78 is 13.2. The first-order valence-electron chi connectivity index (χ1n) is 7.35. The Balaban J connectivity index is 2.06. The maximum Gasteiger partial charge on any atom is 0.245 e. The van der Waals surface area contributed by atoms with Gasteiger partial charge in [-0.15, -0.1) is 0 Å². The molecule has 0 aliphatic carbocycles. The molecule has 1 atom stereocenters. The van der Waals surface area contributed by atoms with Gasteiger partial charge in [0.25, 0.3) is 0 Å². The smallest absolute Gasteiger partial charge is 0.245 e. The summed E-state index contributed by atoms with van der Waals surface area (Å²) in [6.45, 7) is 4.78. The Kier molecular flexibility index (Phi) is 4.94. The van der Waals surface area contributed by atoms with E-state index in [-0.39, 0.29) is 30.7 Å². The number of hydrogen-bond acceptors (Lipinski definition) is 2. The number of carbonyl (C=O) groups is 2. The van der Waals surface area contributed by atoms with Crippen LogP contribution in [0.5, 0.6) is 0 Å². The maximum atomic E-state index is 13.2. The van der Waals surface area contributed by atoms with E-state index in [0.717, 1.165) is 12.8 Å².